The standard InChI is InChI=1S/C27H24N4O/c1-17(2)18-14-19(22-9-6-7-12-28-22)16-20(15-18)25-26-23(11-13-29-25)31(3)27(30-26)21-8-4-5-10-24(21)32/h4-17,32H,1-3H3. The minimum atomic E-state index is 0.208. The molecule has 3 aromatic heterocycles. The molecule has 0 aliphatic rings. The van der Waals surface area contributed by atoms with Crippen molar-refractivity contribution in [1.29, 1.82) is 0 Å². The summed E-state index contributed by atoms with van der Waals surface area (Å²) in [7, 11) is 1.96. The van der Waals surface area contributed by atoms with Crippen molar-refractivity contribution in [1.82, 2.24) is 19.5 Å². The number of para-hydroxylation sites is 1. The highest BCUT2D eigenvalue weighted by Crippen LogP contribution is 2.35. The Labute approximate surface area is 187 Å². The van der Waals surface area contributed by atoms with E-state index in [1.165, 1.54) is 5.56 Å². The number of hydrogen-bond acceptors (Lipinski definition) is 4. The molecular weight excluding hydrogens is 396 g/mol. The first-order chi connectivity index (χ1) is 15.5. The van der Waals surface area contributed by atoms with Crippen LogP contribution in [0.3, 0.4) is 0 Å². The molecule has 32 heavy (non-hydrogen) atoms. The van der Waals surface area contributed by atoms with E-state index in [-0.39, 0.29) is 5.75 Å². The first-order valence-electron chi connectivity index (χ1n) is 10.7. The second-order valence-electron chi connectivity index (χ2n) is 8.25. The van der Waals surface area contributed by atoms with E-state index >= 15 is 0 Å². The second kappa shape index (κ2) is 7.93. The molecule has 0 aliphatic heterocycles. The number of imidazole rings is 1. The molecular formula is C27H24N4O. The number of aryl methyl sites for hydroxylation is 1. The van der Waals surface area contributed by atoms with E-state index in [4.69, 9.17) is 9.97 Å². The minimum absolute atomic E-state index is 0.208. The van der Waals surface area contributed by atoms with Gasteiger partial charge in [-0.15, -0.1) is 0 Å². The van der Waals surface area contributed by atoms with Gasteiger partial charge in [-0.3, -0.25) is 9.97 Å². The second-order valence-corrected chi connectivity index (χ2v) is 8.25. The van der Waals surface area contributed by atoms with Crippen LogP contribution in [-0.2, 0) is 7.05 Å². The SMILES string of the molecule is CC(C)c1cc(-c2ccccn2)cc(-c2nccc3c2nc(-c2ccccc2O)n3C)c1. The molecule has 5 nitrogen and oxygen atoms in total. The van der Waals surface area contributed by atoms with Crippen molar-refractivity contribution in [2.24, 2.45) is 7.05 Å². The molecule has 0 atom stereocenters. The fourth-order valence-electron chi connectivity index (χ4n) is 4.04. The molecule has 0 amide bonds. The molecule has 5 aromatic rings. The predicted octanol–water partition coefficient (Wildman–Crippen LogP) is 6.19. The Morgan fingerprint density at radius 3 is 2.38 bits per heavy atom. The van der Waals surface area contributed by atoms with Crippen LogP contribution in [0.15, 0.2) is 79.1 Å². The zero-order valence-corrected chi connectivity index (χ0v) is 18.3. The maximum Gasteiger partial charge on any atom is 0.144 e. The van der Waals surface area contributed by atoms with E-state index < -0.39 is 0 Å². The number of aromatic hydroxyl groups is 1. The third-order valence-corrected chi connectivity index (χ3v) is 5.80. The van der Waals surface area contributed by atoms with Crippen LogP contribution in [0.5, 0.6) is 5.75 Å². The first kappa shape index (κ1) is 19.9. The van der Waals surface area contributed by atoms with Gasteiger partial charge in [0.05, 0.1) is 22.5 Å². The lowest BCUT2D eigenvalue weighted by molar-refractivity contribution is 0.476. The number of pyridine rings is 2. The summed E-state index contributed by atoms with van der Waals surface area (Å²) in [6.45, 7) is 4.37. The molecule has 2 aromatic carbocycles. The lowest BCUT2D eigenvalue weighted by Crippen LogP contribution is -1.94. The highest BCUT2D eigenvalue weighted by molar-refractivity contribution is 5.93. The van der Waals surface area contributed by atoms with Crippen LogP contribution >= 0.6 is 0 Å². The Morgan fingerprint density at radius 1 is 0.844 bits per heavy atom. The Balaban J connectivity index is 1.74. The highest BCUT2D eigenvalue weighted by atomic mass is 16.3. The Hall–Kier alpha value is -3.99. The van der Waals surface area contributed by atoms with Gasteiger partial charge in [0.1, 0.15) is 17.1 Å². The molecule has 3 heterocycles. The van der Waals surface area contributed by atoms with Gasteiger partial charge in [-0.2, -0.15) is 0 Å². The van der Waals surface area contributed by atoms with E-state index in [1.54, 1.807) is 6.07 Å². The molecule has 0 fully saturated rings. The number of phenolic OH excluding ortho intramolecular Hbond substituents is 1. The van der Waals surface area contributed by atoms with E-state index in [0.29, 0.717) is 17.3 Å². The average molecular weight is 421 g/mol. The van der Waals surface area contributed by atoms with Gasteiger partial charge < -0.3 is 9.67 Å². The van der Waals surface area contributed by atoms with Crippen molar-refractivity contribution in [2.45, 2.75) is 19.8 Å². The maximum atomic E-state index is 10.4. The zero-order valence-electron chi connectivity index (χ0n) is 18.3. The summed E-state index contributed by atoms with van der Waals surface area (Å²) in [5.41, 5.74) is 7.50. The van der Waals surface area contributed by atoms with E-state index in [9.17, 15) is 5.11 Å². The number of benzene rings is 2. The Morgan fingerprint density at radius 2 is 1.62 bits per heavy atom. The molecule has 158 valence electrons. The predicted molar refractivity (Wildman–Crippen MR) is 128 cm³/mol. The number of fused-ring (bicyclic) bond motifs is 1. The van der Waals surface area contributed by atoms with E-state index in [0.717, 1.165) is 33.5 Å². The summed E-state index contributed by atoms with van der Waals surface area (Å²) in [6, 6.07) is 21.7. The minimum Gasteiger partial charge on any atom is -0.507 e. The quantitative estimate of drug-likeness (QED) is 0.376. The van der Waals surface area contributed by atoms with E-state index in [1.807, 2.05) is 66.5 Å². The molecule has 0 spiro atoms. The van der Waals surface area contributed by atoms with Crippen molar-refractivity contribution in [3.05, 3.63) is 84.7 Å². The molecule has 1 N–H and O–H groups in total. The van der Waals surface area contributed by atoms with Crippen LogP contribution in [0.25, 0.3) is 44.9 Å². The number of rotatable bonds is 4. The van der Waals surface area contributed by atoms with Crippen LogP contribution in [0.2, 0.25) is 0 Å². The smallest absolute Gasteiger partial charge is 0.144 e. The van der Waals surface area contributed by atoms with Gasteiger partial charge in [0.25, 0.3) is 0 Å². The molecule has 0 bridgehead atoms. The van der Waals surface area contributed by atoms with Crippen molar-refractivity contribution in [3.8, 4) is 39.7 Å². The fraction of sp³-hybridized carbons (Fsp3) is 0.148. The maximum absolute atomic E-state index is 10.4. The summed E-state index contributed by atoms with van der Waals surface area (Å²) in [5, 5.41) is 10.4. The summed E-state index contributed by atoms with van der Waals surface area (Å²) in [6.07, 6.45) is 3.63. The Bertz CT molecular complexity index is 1420. The normalized spacial score (nSPS) is 11.4. The van der Waals surface area contributed by atoms with Gasteiger partial charge in [0.15, 0.2) is 0 Å². The van der Waals surface area contributed by atoms with Gasteiger partial charge in [0.2, 0.25) is 0 Å². The molecule has 5 heteroatoms. The molecule has 0 unspecified atom stereocenters. The van der Waals surface area contributed by atoms with Gasteiger partial charge in [-0.1, -0.05) is 32.0 Å². The van der Waals surface area contributed by atoms with Crippen LogP contribution in [-0.4, -0.2) is 24.6 Å². The summed E-state index contributed by atoms with van der Waals surface area (Å²) in [5.74, 6) is 1.27. The summed E-state index contributed by atoms with van der Waals surface area (Å²) in [4.78, 5) is 14.2. The van der Waals surface area contributed by atoms with Crippen molar-refractivity contribution in [2.75, 3.05) is 0 Å². The lowest BCUT2D eigenvalue weighted by atomic mass is 9.94. The molecule has 0 radical (unpaired) electrons. The summed E-state index contributed by atoms with van der Waals surface area (Å²) < 4.78 is 2.00. The van der Waals surface area contributed by atoms with Gasteiger partial charge in [-0.25, -0.2) is 4.98 Å². The third kappa shape index (κ3) is 3.42. The van der Waals surface area contributed by atoms with Gasteiger partial charge in [0, 0.05) is 30.6 Å². The first-order valence-corrected chi connectivity index (χ1v) is 10.7. The molecule has 0 saturated carbocycles. The summed E-state index contributed by atoms with van der Waals surface area (Å²) >= 11 is 0. The van der Waals surface area contributed by atoms with Gasteiger partial charge >= 0.3 is 0 Å². The van der Waals surface area contributed by atoms with Crippen LogP contribution < -0.4 is 0 Å². The average Bonchev–Trinajstić information content (AvgIpc) is 3.16. The fourth-order valence-corrected chi connectivity index (χ4v) is 4.04. The van der Waals surface area contributed by atoms with Crippen molar-refractivity contribution < 1.29 is 5.11 Å². The topological polar surface area (TPSA) is 63.8 Å². The zero-order chi connectivity index (χ0) is 22.2. The van der Waals surface area contributed by atoms with Gasteiger partial charge in [-0.05, 0) is 60.0 Å². The van der Waals surface area contributed by atoms with Crippen LogP contribution in [0.1, 0.15) is 25.3 Å². The van der Waals surface area contributed by atoms with Crippen LogP contribution in [0.4, 0.5) is 0 Å². The molecule has 5 rings (SSSR count). The highest BCUT2D eigenvalue weighted by Gasteiger charge is 2.18. The van der Waals surface area contributed by atoms with Crippen molar-refractivity contribution in [3.63, 3.8) is 0 Å². The van der Waals surface area contributed by atoms with Crippen molar-refractivity contribution >= 4 is 11.0 Å². The molecule has 0 aliphatic carbocycles. The lowest BCUT2D eigenvalue weighted by Gasteiger charge is -2.12. The number of nitrogens with zero attached hydrogens (tertiary/aromatic N) is 4. The largest absolute Gasteiger partial charge is 0.507 e. The number of hydrogen-bond donors (Lipinski definition) is 1. The van der Waals surface area contributed by atoms with E-state index in [2.05, 4.69) is 37.0 Å². The number of phenols is 1. The third-order valence-electron chi connectivity index (χ3n) is 5.80. The van der Waals surface area contributed by atoms with Crippen LogP contribution in [0, 0.1) is 0 Å². The monoisotopic (exact) mass is 420 g/mol. The Kier molecular flexibility index (Phi) is 4.94. The molecule has 0 saturated heterocycles. The number of aromatic nitrogens is 4.